The van der Waals surface area contributed by atoms with Crippen molar-refractivity contribution in [2.24, 2.45) is 0 Å². The predicted molar refractivity (Wildman–Crippen MR) is 122 cm³/mol. The van der Waals surface area contributed by atoms with Crippen LogP contribution in [-0.2, 0) is 26.1 Å². The molecule has 0 aliphatic heterocycles. The average Bonchev–Trinajstić information content (AvgIpc) is 2.74. The molecular weight excluding hydrogens is 452 g/mol. The van der Waals surface area contributed by atoms with Crippen molar-refractivity contribution < 1.29 is 26.9 Å². The molecule has 0 amide bonds. The molecule has 3 aromatic rings. The van der Waals surface area contributed by atoms with Crippen LogP contribution in [0.5, 0.6) is 11.5 Å². The SMILES string of the molecule is CCOC(Cc1cccc(S(=O)(=O)Oc2ccc(OC(C)=O)cc2)c1)c1cccc(Cl)c1. The van der Waals surface area contributed by atoms with E-state index in [0.29, 0.717) is 23.8 Å². The Labute approximate surface area is 192 Å². The molecule has 6 nitrogen and oxygen atoms in total. The summed E-state index contributed by atoms with van der Waals surface area (Å²) in [6.07, 6.45) is 0.195. The second kappa shape index (κ2) is 10.6. The van der Waals surface area contributed by atoms with Crippen LogP contribution in [0.4, 0.5) is 0 Å². The molecule has 1 unspecified atom stereocenters. The summed E-state index contributed by atoms with van der Waals surface area (Å²) in [5.74, 6) is -0.0594. The lowest BCUT2D eigenvalue weighted by molar-refractivity contribution is -0.131. The van der Waals surface area contributed by atoms with Crippen molar-refractivity contribution in [3.63, 3.8) is 0 Å². The lowest BCUT2D eigenvalue weighted by Crippen LogP contribution is -2.11. The topological polar surface area (TPSA) is 78.9 Å². The van der Waals surface area contributed by atoms with Crippen molar-refractivity contribution in [1.29, 1.82) is 0 Å². The number of hydrogen-bond donors (Lipinski definition) is 0. The molecule has 0 N–H and O–H groups in total. The van der Waals surface area contributed by atoms with Crippen LogP contribution >= 0.6 is 11.6 Å². The van der Waals surface area contributed by atoms with Gasteiger partial charge in [0.05, 0.1) is 6.10 Å². The maximum absolute atomic E-state index is 12.8. The molecule has 0 aliphatic carbocycles. The highest BCUT2D eigenvalue weighted by Crippen LogP contribution is 2.27. The highest BCUT2D eigenvalue weighted by molar-refractivity contribution is 7.87. The summed E-state index contributed by atoms with van der Waals surface area (Å²) in [6.45, 7) is 3.69. The van der Waals surface area contributed by atoms with Gasteiger partial charge in [0.15, 0.2) is 0 Å². The van der Waals surface area contributed by atoms with Gasteiger partial charge in [-0.1, -0.05) is 35.9 Å². The summed E-state index contributed by atoms with van der Waals surface area (Å²) >= 11 is 6.11. The van der Waals surface area contributed by atoms with Crippen molar-refractivity contribution in [3.05, 3.63) is 88.9 Å². The molecule has 0 fully saturated rings. The maximum atomic E-state index is 12.8. The maximum Gasteiger partial charge on any atom is 0.339 e. The minimum absolute atomic E-state index is 0.0282. The fraction of sp³-hybridized carbons (Fsp3) is 0.208. The van der Waals surface area contributed by atoms with E-state index in [2.05, 4.69) is 0 Å². The third-order valence-corrected chi connectivity index (χ3v) is 5.97. The lowest BCUT2D eigenvalue weighted by atomic mass is 10.0. The van der Waals surface area contributed by atoms with Gasteiger partial charge in [0.25, 0.3) is 0 Å². The lowest BCUT2D eigenvalue weighted by Gasteiger charge is -2.18. The van der Waals surface area contributed by atoms with E-state index in [1.807, 2.05) is 31.2 Å². The third kappa shape index (κ3) is 6.56. The predicted octanol–water partition coefficient (Wildman–Crippen LogP) is 5.35. The first-order valence-corrected chi connectivity index (χ1v) is 11.7. The van der Waals surface area contributed by atoms with Gasteiger partial charge >= 0.3 is 16.1 Å². The van der Waals surface area contributed by atoms with Crippen LogP contribution in [0.3, 0.4) is 0 Å². The van der Waals surface area contributed by atoms with E-state index in [1.165, 1.54) is 37.3 Å². The van der Waals surface area contributed by atoms with E-state index >= 15 is 0 Å². The highest BCUT2D eigenvalue weighted by atomic mass is 35.5. The molecular formula is C24H23ClO6S. The van der Waals surface area contributed by atoms with Gasteiger partial charge in [-0.2, -0.15) is 8.42 Å². The van der Waals surface area contributed by atoms with Gasteiger partial charge < -0.3 is 13.7 Å². The zero-order chi connectivity index (χ0) is 23.1. The number of carbonyl (C=O) groups is 1. The van der Waals surface area contributed by atoms with Gasteiger partial charge in [0, 0.05) is 25.0 Å². The van der Waals surface area contributed by atoms with Crippen LogP contribution < -0.4 is 8.92 Å². The number of esters is 1. The third-order valence-electron chi connectivity index (χ3n) is 4.49. The van der Waals surface area contributed by atoms with Crippen molar-refractivity contribution in [2.45, 2.75) is 31.3 Å². The Morgan fingerprint density at radius 2 is 1.66 bits per heavy atom. The van der Waals surface area contributed by atoms with Crippen LogP contribution in [0.2, 0.25) is 5.02 Å². The minimum atomic E-state index is -4.06. The van der Waals surface area contributed by atoms with Crippen LogP contribution in [0, 0.1) is 0 Å². The first kappa shape index (κ1) is 23.8. The number of carbonyl (C=O) groups excluding carboxylic acids is 1. The van der Waals surface area contributed by atoms with E-state index in [-0.39, 0.29) is 16.7 Å². The van der Waals surface area contributed by atoms with Crippen molar-refractivity contribution >= 4 is 27.7 Å². The van der Waals surface area contributed by atoms with E-state index < -0.39 is 16.1 Å². The van der Waals surface area contributed by atoms with Crippen molar-refractivity contribution in [2.75, 3.05) is 6.61 Å². The molecule has 0 bridgehead atoms. The van der Waals surface area contributed by atoms with Crippen LogP contribution in [0.15, 0.2) is 77.7 Å². The summed E-state index contributed by atoms with van der Waals surface area (Å²) in [7, 11) is -4.06. The molecule has 3 aromatic carbocycles. The van der Waals surface area contributed by atoms with E-state index in [1.54, 1.807) is 18.2 Å². The number of ether oxygens (including phenoxy) is 2. The number of rotatable bonds is 9. The van der Waals surface area contributed by atoms with Crippen LogP contribution in [0.1, 0.15) is 31.1 Å². The van der Waals surface area contributed by atoms with E-state index in [4.69, 9.17) is 25.3 Å². The average molecular weight is 475 g/mol. The molecule has 0 spiro atoms. The molecule has 0 saturated heterocycles. The highest BCUT2D eigenvalue weighted by Gasteiger charge is 2.19. The molecule has 8 heteroatoms. The van der Waals surface area contributed by atoms with Crippen molar-refractivity contribution in [1.82, 2.24) is 0 Å². The van der Waals surface area contributed by atoms with Gasteiger partial charge in [-0.25, -0.2) is 0 Å². The molecule has 3 rings (SSSR count). The standard InChI is InChI=1S/C24H23ClO6S/c1-3-29-24(19-7-5-8-20(25)16-19)15-18-6-4-9-23(14-18)32(27,28)31-22-12-10-21(11-13-22)30-17(2)26/h4-14,16,24H,3,15H2,1-2H3. The molecule has 0 heterocycles. The molecule has 0 aromatic heterocycles. The van der Waals surface area contributed by atoms with E-state index in [9.17, 15) is 13.2 Å². The molecule has 0 saturated carbocycles. The summed E-state index contributed by atoms with van der Waals surface area (Å²) in [5.41, 5.74) is 1.69. The van der Waals surface area contributed by atoms with Crippen LogP contribution in [0.25, 0.3) is 0 Å². The Bertz CT molecular complexity index is 1180. The molecule has 0 radical (unpaired) electrons. The number of hydrogen-bond acceptors (Lipinski definition) is 6. The molecule has 0 aliphatic rings. The summed E-state index contributed by atoms with van der Waals surface area (Å²) in [5, 5.41) is 0.608. The Kier molecular flexibility index (Phi) is 7.90. The summed E-state index contributed by atoms with van der Waals surface area (Å²) in [6, 6.07) is 19.7. The number of halogens is 1. The van der Waals surface area contributed by atoms with Gasteiger partial charge in [-0.05, 0) is 66.6 Å². The Hall–Kier alpha value is -2.87. The normalized spacial score (nSPS) is 12.2. The quantitative estimate of drug-likeness (QED) is 0.236. The van der Waals surface area contributed by atoms with Crippen LogP contribution in [-0.4, -0.2) is 21.0 Å². The zero-order valence-electron chi connectivity index (χ0n) is 17.7. The first-order chi connectivity index (χ1) is 15.3. The summed E-state index contributed by atoms with van der Waals surface area (Å²) < 4.78 is 41.6. The molecule has 1 atom stereocenters. The Morgan fingerprint density at radius 1 is 0.969 bits per heavy atom. The largest absolute Gasteiger partial charge is 0.427 e. The number of benzene rings is 3. The zero-order valence-corrected chi connectivity index (χ0v) is 19.2. The molecule has 168 valence electrons. The molecule has 32 heavy (non-hydrogen) atoms. The Balaban J connectivity index is 1.78. The monoisotopic (exact) mass is 474 g/mol. The second-order valence-electron chi connectivity index (χ2n) is 6.95. The Morgan fingerprint density at radius 3 is 2.31 bits per heavy atom. The summed E-state index contributed by atoms with van der Waals surface area (Å²) in [4.78, 5) is 11.0. The van der Waals surface area contributed by atoms with E-state index in [0.717, 1.165) is 11.1 Å². The van der Waals surface area contributed by atoms with Gasteiger partial charge in [0.1, 0.15) is 16.4 Å². The second-order valence-corrected chi connectivity index (χ2v) is 8.94. The van der Waals surface area contributed by atoms with Gasteiger partial charge in [0.2, 0.25) is 0 Å². The van der Waals surface area contributed by atoms with Gasteiger partial charge in [-0.3, -0.25) is 4.79 Å². The fourth-order valence-electron chi connectivity index (χ4n) is 3.13. The fourth-order valence-corrected chi connectivity index (χ4v) is 4.33. The smallest absolute Gasteiger partial charge is 0.339 e. The first-order valence-electron chi connectivity index (χ1n) is 9.96. The van der Waals surface area contributed by atoms with Gasteiger partial charge in [-0.15, -0.1) is 0 Å². The minimum Gasteiger partial charge on any atom is -0.427 e. The van der Waals surface area contributed by atoms with Crippen molar-refractivity contribution in [3.8, 4) is 11.5 Å².